The molecule has 0 radical (unpaired) electrons. The molecule has 0 saturated carbocycles. The van der Waals surface area contributed by atoms with Crippen molar-refractivity contribution in [3.05, 3.63) is 76.2 Å². The quantitative estimate of drug-likeness (QED) is 0.105. The van der Waals surface area contributed by atoms with Crippen molar-refractivity contribution in [2.24, 2.45) is 10.8 Å². The zero-order chi connectivity index (χ0) is 24.1. The van der Waals surface area contributed by atoms with Crippen LogP contribution in [0.5, 0.6) is 5.75 Å². The summed E-state index contributed by atoms with van der Waals surface area (Å²) >= 11 is -2.07. The van der Waals surface area contributed by atoms with Gasteiger partial charge in [-0.3, -0.25) is 4.79 Å². The van der Waals surface area contributed by atoms with Gasteiger partial charge >= 0.3 is 5.97 Å². The van der Waals surface area contributed by atoms with Gasteiger partial charge < -0.3 is 19.8 Å². The van der Waals surface area contributed by atoms with Crippen LogP contribution in [-0.4, -0.2) is 39.7 Å². The first-order valence-corrected chi connectivity index (χ1v) is 11.8. The van der Waals surface area contributed by atoms with Crippen molar-refractivity contribution in [3.8, 4) is 5.75 Å². The van der Waals surface area contributed by atoms with E-state index in [0.717, 1.165) is 24.0 Å². The van der Waals surface area contributed by atoms with Crippen molar-refractivity contribution in [2.45, 2.75) is 43.4 Å². The van der Waals surface area contributed by atoms with Gasteiger partial charge in [-0.2, -0.15) is 0 Å². The second-order valence-electron chi connectivity index (χ2n) is 7.80. The molecule has 2 aromatic rings. The van der Waals surface area contributed by atoms with Gasteiger partial charge in [0, 0.05) is 11.5 Å². The lowest BCUT2D eigenvalue weighted by molar-refractivity contribution is -0.145. The van der Waals surface area contributed by atoms with Gasteiger partial charge in [-0.25, -0.2) is 4.21 Å². The number of hydrogen-bond donors (Lipinski definition) is 2. The van der Waals surface area contributed by atoms with Crippen LogP contribution in [0, 0.1) is 0 Å². The van der Waals surface area contributed by atoms with E-state index in [0.29, 0.717) is 25.3 Å². The molecular weight excluding hydrogens is 444 g/mol. The molecule has 0 amide bonds. The standard InChI is InChI=1S/C23H30N4O5S/c1-18(33(29)30)17-32-22(28)16-23(24,15-19-7-3-2-4-8-19)20-9-11-21(12-10-20)31-14-6-5-13-26-27-25/h2-4,7-12,18H,5-6,13-17,24H2,1H3,(H,29,30)/t18-,23?/m0/s1. The molecule has 0 spiro atoms. The molecule has 0 fully saturated rings. The van der Waals surface area contributed by atoms with Gasteiger partial charge in [-0.05, 0) is 55.0 Å². The van der Waals surface area contributed by atoms with E-state index in [4.69, 9.17) is 25.3 Å². The summed E-state index contributed by atoms with van der Waals surface area (Å²) in [5.74, 6) is 0.137. The summed E-state index contributed by atoms with van der Waals surface area (Å²) in [5, 5.41) is 2.81. The maximum Gasteiger partial charge on any atom is 0.308 e. The fourth-order valence-electron chi connectivity index (χ4n) is 3.21. The number of carbonyl (C=O) groups is 1. The fourth-order valence-corrected chi connectivity index (χ4v) is 3.39. The number of ether oxygens (including phenoxy) is 2. The van der Waals surface area contributed by atoms with E-state index >= 15 is 0 Å². The number of rotatable bonds is 14. The van der Waals surface area contributed by atoms with Crippen molar-refractivity contribution in [1.82, 2.24) is 0 Å². The van der Waals surface area contributed by atoms with Gasteiger partial charge in [0.2, 0.25) is 0 Å². The Morgan fingerprint density at radius 3 is 2.55 bits per heavy atom. The Kier molecular flexibility index (Phi) is 10.9. The first-order chi connectivity index (χ1) is 15.8. The van der Waals surface area contributed by atoms with Crippen LogP contribution >= 0.6 is 0 Å². The lowest BCUT2D eigenvalue weighted by atomic mass is 9.82. The average Bonchev–Trinajstić information content (AvgIpc) is 2.80. The normalized spacial score (nSPS) is 14.4. The molecule has 0 bridgehead atoms. The van der Waals surface area contributed by atoms with E-state index in [9.17, 15) is 9.00 Å². The van der Waals surface area contributed by atoms with Crippen molar-refractivity contribution in [2.75, 3.05) is 19.8 Å². The van der Waals surface area contributed by atoms with Crippen molar-refractivity contribution in [3.63, 3.8) is 0 Å². The van der Waals surface area contributed by atoms with E-state index in [1.165, 1.54) is 6.92 Å². The zero-order valence-corrected chi connectivity index (χ0v) is 19.4. The fraction of sp³-hybridized carbons (Fsp3) is 0.435. The number of nitrogens with zero attached hydrogens (tertiary/aromatic N) is 3. The van der Waals surface area contributed by atoms with Crippen molar-refractivity contribution < 1.29 is 23.0 Å². The minimum atomic E-state index is -2.07. The van der Waals surface area contributed by atoms with Gasteiger partial charge in [0.25, 0.3) is 0 Å². The van der Waals surface area contributed by atoms with Gasteiger partial charge in [0.1, 0.15) is 12.4 Å². The molecule has 0 saturated heterocycles. The van der Waals surface area contributed by atoms with E-state index < -0.39 is 27.8 Å². The summed E-state index contributed by atoms with van der Waals surface area (Å²) in [6, 6.07) is 16.9. The highest BCUT2D eigenvalue weighted by Gasteiger charge is 2.32. The van der Waals surface area contributed by atoms with E-state index in [-0.39, 0.29) is 13.0 Å². The van der Waals surface area contributed by atoms with Crippen LogP contribution in [0.3, 0.4) is 0 Å². The number of nitrogens with two attached hydrogens (primary N) is 1. The molecule has 9 nitrogen and oxygen atoms in total. The number of unbranched alkanes of at least 4 members (excludes halogenated alkanes) is 1. The largest absolute Gasteiger partial charge is 0.494 e. The predicted octanol–water partition coefficient (Wildman–Crippen LogP) is 4.10. The smallest absolute Gasteiger partial charge is 0.308 e. The molecule has 2 unspecified atom stereocenters. The molecule has 0 aliphatic carbocycles. The van der Waals surface area contributed by atoms with E-state index in [1.807, 2.05) is 42.5 Å². The van der Waals surface area contributed by atoms with Crippen LogP contribution in [0.4, 0.5) is 0 Å². The molecule has 178 valence electrons. The van der Waals surface area contributed by atoms with Crippen molar-refractivity contribution >= 4 is 17.0 Å². The second-order valence-corrected chi connectivity index (χ2v) is 9.16. The molecule has 2 aromatic carbocycles. The molecule has 2 rings (SSSR count). The second kappa shape index (κ2) is 13.6. The Hall–Kier alpha value is -2.91. The predicted molar refractivity (Wildman–Crippen MR) is 127 cm³/mol. The van der Waals surface area contributed by atoms with Gasteiger partial charge in [-0.15, -0.1) is 0 Å². The Morgan fingerprint density at radius 1 is 1.21 bits per heavy atom. The number of benzene rings is 2. The zero-order valence-electron chi connectivity index (χ0n) is 18.6. The molecule has 0 heterocycles. The number of carbonyl (C=O) groups excluding carboxylic acids is 1. The van der Waals surface area contributed by atoms with E-state index in [1.54, 1.807) is 12.1 Å². The highest BCUT2D eigenvalue weighted by Crippen LogP contribution is 2.29. The SMILES string of the molecule is C[C@@H](COC(=O)CC(N)(Cc1ccccc1)c1ccc(OCCCCN=[N+]=[N-])cc1)S(=O)O. The molecule has 0 aliphatic rings. The Morgan fingerprint density at radius 2 is 1.91 bits per heavy atom. The Bertz CT molecular complexity index is 951. The molecular formula is C23H30N4O5S. The summed E-state index contributed by atoms with van der Waals surface area (Å²) in [4.78, 5) is 15.2. The third-order valence-electron chi connectivity index (χ3n) is 5.06. The number of esters is 1. The molecule has 3 N–H and O–H groups in total. The first-order valence-electron chi connectivity index (χ1n) is 10.7. The van der Waals surface area contributed by atoms with Crippen molar-refractivity contribution in [1.29, 1.82) is 0 Å². The molecule has 0 aliphatic heterocycles. The monoisotopic (exact) mass is 474 g/mol. The van der Waals surface area contributed by atoms with Crippen LogP contribution in [0.15, 0.2) is 59.7 Å². The summed E-state index contributed by atoms with van der Waals surface area (Å²) < 4.78 is 31.1. The maximum atomic E-state index is 12.5. The lowest BCUT2D eigenvalue weighted by Gasteiger charge is -2.30. The topological polar surface area (TPSA) is 148 Å². The maximum absolute atomic E-state index is 12.5. The van der Waals surface area contributed by atoms with E-state index in [2.05, 4.69) is 10.0 Å². The van der Waals surface area contributed by atoms with Gasteiger partial charge in [0.05, 0.1) is 23.8 Å². The highest BCUT2D eigenvalue weighted by molar-refractivity contribution is 7.79. The minimum absolute atomic E-state index is 0.0910. The number of hydrogen-bond acceptors (Lipinski definition) is 6. The number of azide groups is 1. The third kappa shape index (κ3) is 9.23. The molecule has 3 atom stereocenters. The Labute approximate surface area is 196 Å². The highest BCUT2D eigenvalue weighted by atomic mass is 32.2. The van der Waals surface area contributed by atoms with Crippen LogP contribution < -0.4 is 10.5 Å². The summed E-state index contributed by atoms with van der Waals surface area (Å²) in [7, 11) is 0. The van der Waals surface area contributed by atoms with Crippen LogP contribution in [-0.2, 0) is 32.6 Å². The first kappa shape index (κ1) is 26.3. The molecule has 10 heteroatoms. The lowest BCUT2D eigenvalue weighted by Crippen LogP contribution is -2.42. The summed E-state index contributed by atoms with van der Waals surface area (Å²) in [5.41, 5.74) is 15.7. The molecule has 0 aromatic heterocycles. The third-order valence-corrected chi connectivity index (χ3v) is 5.88. The van der Waals surface area contributed by atoms with Gasteiger partial charge in [0.15, 0.2) is 11.1 Å². The molecule has 33 heavy (non-hydrogen) atoms. The van der Waals surface area contributed by atoms with Crippen LogP contribution in [0.2, 0.25) is 0 Å². The van der Waals surface area contributed by atoms with Crippen LogP contribution in [0.1, 0.15) is 37.3 Å². The van der Waals surface area contributed by atoms with Gasteiger partial charge in [-0.1, -0.05) is 47.6 Å². The summed E-state index contributed by atoms with van der Waals surface area (Å²) in [6.07, 6.45) is 1.82. The Balaban J connectivity index is 2.08. The van der Waals surface area contributed by atoms with Crippen LogP contribution in [0.25, 0.3) is 10.4 Å². The minimum Gasteiger partial charge on any atom is -0.494 e. The summed E-state index contributed by atoms with van der Waals surface area (Å²) in [6.45, 7) is 2.31. The average molecular weight is 475 g/mol.